The molecule has 2 aliphatic heterocycles. The second-order valence-corrected chi connectivity index (χ2v) is 6.81. The topological polar surface area (TPSA) is 43.2 Å². The van der Waals surface area contributed by atoms with Crippen molar-refractivity contribution < 1.29 is 0 Å². The maximum absolute atomic E-state index is 8.86. The first-order valence-corrected chi connectivity index (χ1v) is 8.61. The average molecular weight is 298 g/mol. The van der Waals surface area contributed by atoms with E-state index in [2.05, 4.69) is 27.8 Å². The number of pyridine rings is 1. The minimum Gasteiger partial charge on any atom is -0.370 e. The van der Waals surface area contributed by atoms with Gasteiger partial charge in [0.25, 0.3) is 0 Å². The Morgan fingerprint density at radius 2 is 2.14 bits per heavy atom. The van der Waals surface area contributed by atoms with E-state index in [4.69, 9.17) is 5.26 Å². The summed E-state index contributed by atoms with van der Waals surface area (Å²) in [6.45, 7) is 7.12. The maximum atomic E-state index is 8.86. The van der Waals surface area contributed by atoms with Crippen LogP contribution >= 0.6 is 0 Å². The first-order valence-electron chi connectivity index (χ1n) is 8.61. The number of rotatable bonds is 3. The molecule has 0 unspecified atom stereocenters. The number of likely N-dealkylation sites (tertiary alicyclic amines) is 1. The van der Waals surface area contributed by atoms with Gasteiger partial charge in [-0.1, -0.05) is 6.42 Å². The van der Waals surface area contributed by atoms with Crippen LogP contribution in [0.2, 0.25) is 0 Å². The molecular weight excluding hydrogens is 272 g/mol. The zero-order chi connectivity index (χ0) is 15.4. The summed E-state index contributed by atoms with van der Waals surface area (Å²) >= 11 is 0. The molecule has 2 aliphatic rings. The Morgan fingerprint density at radius 1 is 1.23 bits per heavy atom. The molecule has 0 spiro atoms. The van der Waals surface area contributed by atoms with Gasteiger partial charge >= 0.3 is 0 Å². The van der Waals surface area contributed by atoms with E-state index in [1.165, 1.54) is 45.2 Å². The Balaban J connectivity index is 1.60. The highest BCUT2D eigenvalue weighted by Crippen LogP contribution is 2.25. The number of anilines is 1. The molecule has 2 atom stereocenters. The summed E-state index contributed by atoms with van der Waals surface area (Å²) in [7, 11) is 0. The zero-order valence-electron chi connectivity index (χ0n) is 13.5. The number of nitrogens with zero attached hydrogens (tertiary/aromatic N) is 4. The fraction of sp³-hybridized carbons (Fsp3) is 0.667. The normalized spacial score (nSPS) is 26.6. The third kappa shape index (κ3) is 3.59. The lowest BCUT2D eigenvalue weighted by Crippen LogP contribution is -2.45. The van der Waals surface area contributed by atoms with E-state index < -0.39 is 0 Å². The molecule has 0 aromatic carbocycles. The Kier molecular flexibility index (Phi) is 4.94. The van der Waals surface area contributed by atoms with E-state index in [1.54, 1.807) is 0 Å². The molecule has 0 aliphatic carbocycles. The predicted molar refractivity (Wildman–Crippen MR) is 88.8 cm³/mol. The first-order chi connectivity index (χ1) is 10.8. The monoisotopic (exact) mass is 298 g/mol. The summed E-state index contributed by atoms with van der Waals surface area (Å²) < 4.78 is 0. The van der Waals surface area contributed by atoms with E-state index >= 15 is 0 Å². The number of nitriles is 1. The fourth-order valence-corrected chi connectivity index (χ4v) is 3.85. The zero-order valence-corrected chi connectivity index (χ0v) is 13.5. The number of aromatic nitrogens is 1. The van der Waals surface area contributed by atoms with Crippen LogP contribution in [0.4, 0.5) is 5.69 Å². The van der Waals surface area contributed by atoms with Crippen LogP contribution in [0.15, 0.2) is 18.3 Å². The van der Waals surface area contributed by atoms with E-state index in [1.807, 2.05) is 18.3 Å². The highest BCUT2D eigenvalue weighted by molar-refractivity contribution is 5.46. The second kappa shape index (κ2) is 7.11. The van der Waals surface area contributed by atoms with Crippen LogP contribution in [-0.4, -0.2) is 42.1 Å². The van der Waals surface area contributed by atoms with Crippen molar-refractivity contribution in [2.24, 2.45) is 5.92 Å². The lowest BCUT2D eigenvalue weighted by Gasteiger charge is -2.40. The largest absolute Gasteiger partial charge is 0.370 e. The summed E-state index contributed by atoms with van der Waals surface area (Å²) in [5.74, 6) is 0.755. The highest BCUT2D eigenvalue weighted by Gasteiger charge is 2.25. The Hall–Kier alpha value is -1.60. The molecule has 0 saturated carbocycles. The molecule has 0 radical (unpaired) electrons. The first kappa shape index (κ1) is 15.3. The second-order valence-electron chi connectivity index (χ2n) is 6.81. The Labute approximate surface area is 133 Å². The molecule has 118 valence electrons. The molecule has 0 bridgehead atoms. The van der Waals surface area contributed by atoms with Gasteiger partial charge in [0.05, 0.1) is 11.9 Å². The summed E-state index contributed by atoms with van der Waals surface area (Å²) in [6.07, 6.45) is 8.56. The molecule has 0 amide bonds. The summed E-state index contributed by atoms with van der Waals surface area (Å²) in [6, 6.07) is 6.70. The van der Waals surface area contributed by atoms with Crippen molar-refractivity contribution in [3.63, 3.8) is 0 Å². The Morgan fingerprint density at radius 3 is 2.86 bits per heavy atom. The molecule has 1 aromatic rings. The lowest BCUT2D eigenvalue weighted by molar-refractivity contribution is 0.130. The number of hydrogen-bond donors (Lipinski definition) is 0. The van der Waals surface area contributed by atoms with Gasteiger partial charge in [0.2, 0.25) is 0 Å². The van der Waals surface area contributed by atoms with Gasteiger partial charge in [0.1, 0.15) is 11.8 Å². The van der Waals surface area contributed by atoms with Crippen molar-refractivity contribution in [3.8, 4) is 6.07 Å². The van der Waals surface area contributed by atoms with Crippen LogP contribution < -0.4 is 4.90 Å². The molecule has 3 rings (SSSR count). The molecule has 2 saturated heterocycles. The van der Waals surface area contributed by atoms with Crippen LogP contribution in [0.3, 0.4) is 0 Å². The molecule has 2 fully saturated rings. The highest BCUT2D eigenvalue weighted by atomic mass is 15.2. The van der Waals surface area contributed by atoms with E-state index in [0.29, 0.717) is 5.69 Å². The third-order valence-electron chi connectivity index (χ3n) is 5.18. The lowest BCUT2D eigenvalue weighted by atomic mass is 9.94. The van der Waals surface area contributed by atoms with Crippen molar-refractivity contribution in [2.45, 2.75) is 45.1 Å². The van der Waals surface area contributed by atoms with Crippen molar-refractivity contribution in [1.29, 1.82) is 5.26 Å². The number of hydrogen-bond acceptors (Lipinski definition) is 4. The van der Waals surface area contributed by atoms with E-state index in [9.17, 15) is 0 Å². The van der Waals surface area contributed by atoms with Crippen LogP contribution in [-0.2, 0) is 0 Å². The van der Waals surface area contributed by atoms with Crippen LogP contribution in [0.25, 0.3) is 0 Å². The molecular formula is C18H26N4. The molecule has 1 aromatic heterocycles. The van der Waals surface area contributed by atoms with Crippen molar-refractivity contribution in [1.82, 2.24) is 9.88 Å². The molecule has 3 heterocycles. The molecule has 4 heteroatoms. The number of piperidine rings is 2. The molecule has 22 heavy (non-hydrogen) atoms. The quantitative estimate of drug-likeness (QED) is 0.860. The van der Waals surface area contributed by atoms with Crippen LogP contribution in [0, 0.1) is 17.2 Å². The van der Waals surface area contributed by atoms with Crippen molar-refractivity contribution in [2.75, 3.05) is 31.1 Å². The molecule has 0 N–H and O–H groups in total. The minimum absolute atomic E-state index is 0.499. The van der Waals surface area contributed by atoms with Crippen molar-refractivity contribution in [3.05, 3.63) is 24.0 Å². The van der Waals surface area contributed by atoms with Gasteiger partial charge in [-0.3, -0.25) is 0 Å². The van der Waals surface area contributed by atoms with E-state index in [-0.39, 0.29) is 0 Å². The third-order valence-corrected chi connectivity index (χ3v) is 5.18. The van der Waals surface area contributed by atoms with Crippen LogP contribution in [0.5, 0.6) is 0 Å². The van der Waals surface area contributed by atoms with Gasteiger partial charge in [0, 0.05) is 25.7 Å². The predicted octanol–water partition coefficient (Wildman–Crippen LogP) is 3.04. The van der Waals surface area contributed by atoms with Gasteiger partial charge in [-0.2, -0.15) is 5.26 Å². The maximum Gasteiger partial charge on any atom is 0.140 e. The van der Waals surface area contributed by atoms with E-state index in [0.717, 1.165) is 30.7 Å². The fourth-order valence-electron chi connectivity index (χ4n) is 3.85. The van der Waals surface area contributed by atoms with Crippen molar-refractivity contribution >= 4 is 5.69 Å². The smallest absolute Gasteiger partial charge is 0.140 e. The average Bonchev–Trinajstić information content (AvgIpc) is 2.57. The summed E-state index contributed by atoms with van der Waals surface area (Å²) in [5, 5.41) is 8.86. The van der Waals surface area contributed by atoms with Crippen LogP contribution in [0.1, 0.15) is 44.7 Å². The summed E-state index contributed by atoms with van der Waals surface area (Å²) in [4.78, 5) is 9.34. The van der Waals surface area contributed by atoms with Gasteiger partial charge in [-0.15, -0.1) is 0 Å². The Bertz CT molecular complexity index is 519. The van der Waals surface area contributed by atoms with Gasteiger partial charge in [0.15, 0.2) is 0 Å². The van der Waals surface area contributed by atoms with Gasteiger partial charge < -0.3 is 9.80 Å². The van der Waals surface area contributed by atoms with Gasteiger partial charge in [-0.05, 0) is 57.2 Å². The minimum atomic E-state index is 0.499. The standard InChI is InChI=1S/C18H26N4/c1-15-5-2-3-9-21(15)13-16-6-4-10-22(14-16)18-8-7-17(11-19)20-12-18/h7-8,12,15-16H,2-6,9-10,13-14H2,1H3/t15-,16-/m0/s1. The SMILES string of the molecule is C[C@H]1CCCCN1C[C@@H]1CCCN(c2ccc(C#N)nc2)C1. The summed E-state index contributed by atoms with van der Waals surface area (Å²) in [5.41, 5.74) is 1.66. The van der Waals surface area contributed by atoms with Gasteiger partial charge in [-0.25, -0.2) is 4.98 Å². The molecule has 4 nitrogen and oxygen atoms in total.